The van der Waals surface area contributed by atoms with Crippen LogP contribution in [0.3, 0.4) is 0 Å². The standard InChI is InChI=1S/C15H10N2O2/c16-8-13-12-7-11(19)5-6-14(12)17-15(13)9-1-3-10(18)4-2-9/h1-7,17-19H. The molecule has 1 heterocycles. The minimum absolute atomic E-state index is 0.125. The molecule has 0 saturated carbocycles. The van der Waals surface area contributed by atoms with E-state index in [1.54, 1.807) is 42.5 Å². The summed E-state index contributed by atoms with van der Waals surface area (Å²) in [6, 6.07) is 13.6. The van der Waals surface area contributed by atoms with E-state index in [9.17, 15) is 15.5 Å². The van der Waals surface area contributed by atoms with Gasteiger partial charge < -0.3 is 15.2 Å². The summed E-state index contributed by atoms with van der Waals surface area (Å²) in [5.41, 5.74) is 2.77. The van der Waals surface area contributed by atoms with Crippen molar-refractivity contribution in [3.8, 4) is 28.8 Å². The summed E-state index contributed by atoms with van der Waals surface area (Å²) >= 11 is 0. The van der Waals surface area contributed by atoms with E-state index in [4.69, 9.17) is 0 Å². The molecule has 0 bridgehead atoms. The number of nitriles is 1. The Morgan fingerprint density at radius 1 is 0.947 bits per heavy atom. The molecule has 2 aromatic carbocycles. The van der Waals surface area contributed by atoms with Gasteiger partial charge in [0.05, 0.1) is 11.3 Å². The van der Waals surface area contributed by atoms with Crippen molar-refractivity contribution in [2.45, 2.75) is 0 Å². The molecule has 0 atom stereocenters. The first-order valence-electron chi connectivity index (χ1n) is 5.73. The second kappa shape index (κ2) is 4.07. The number of phenols is 2. The lowest BCUT2D eigenvalue weighted by Gasteiger charge is -1.99. The maximum absolute atomic E-state index is 9.51. The highest BCUT2D eigenvalue weighted by molar-refractivity contribution is 5.94. The van der Waals surface area contributed by atoms with Gasteiger partial charge in [0.1, 0.15) is 17.6 Å². The number of nitrogens with zero attached hydrogens (tertiary/aromatic N) is 1. The zero-order valence-corrected chi connectivity index (χ0v) is 9.88. The third kappa shape index (κ3) is 1.78. The van der Waals surface area contributed by atoms with Crippen molar-refractivity contribution in [1.82, 2.24) is 4.98 Å². The van der Waals surface area contributed by atoms with Crippen LogP contribution in [0.4, 0.5) is 0 Å². The molecule has 0 unspecified atom stereocenters. The number of nitrogens with one attached hydrogen (secondary N) is 1. The van der Waals surface area contributed by atoms with Gasteiger partial charge in [-0.3, -0.25) is 0 Å². The molecule has 0 aliphatic carbocycles. The Hall–Kier alpha value is -2.93. The summed E-state index contributed by atoms with van der Waals surface area (Å²) in [4.78, 5) is 3.16. The SMILES string of the molecule is N#Cc1c(-c2ccc(O)cc2)[nH]c2ccc(O)cc12. The molecule has 92 valence electrons. The quantitative estimate of drug-likeness (QED) is 0.620. The number of aromatic nitrogens is 1. The highest BCUT2D eigenvalue weighted by Gasteiger charge is 2.13. The Bertz CT molecular complexity index is 795. The lowest BCUT2D eigenvalue weighted by Crippen LogP contribution is -1.80. The normalized spacial score (nSPS) is 10.5. The molecule has 1 aromatic heterocycles. The molecular weight excluding hydrogens is 240 g/mol. The summed E-state index contributed by atoms with van der Waals surface area (Å²) in [6.07, 6.45) is 0. The molecule has 3 rings (SSSR count). The zero-order chi connectivity index (χ0) is 13.4. The summed E-state index contributed by atoms with van der Waals surface area (Å²) < 4.78 is 0. The summed E-state index contributed by atoms with van der Waals surface area (Å²) in [6.45, 7) is 0. The Morgan fingerprint density at radius 3 is 2.32 bits per heavy atom. The Labute approximate surface area is 109 Å². The van der Waals surface area contributed by atoms with Crippen molar-refractivity contribution >= 4 is 10.9 Å². The number of benzene rings is 2. The van der Waals surface area contributed by atoms with E-state index in [0.717, 1.165) is 11.1 Å². The fourth-order valence-corrected chi connectivity index (χ4v) is 2.14. The molecule has 0 saturated heterocycles. The average Bonchev–Trinajstić information content (AvgIpc) is 2.77. The third-order valence-electron chi connectivity index (χ3n) is 3.05. The van der Waals surface area contributed by atoms with Crippen molar-refractivity contribution < 1.29 is 10.2 Å². The number of aromatic amines is 1. The van der Waals surface area contributed by atoms with Gasteiger partial charge in [-0.2, -0.15) is 5.26 Å². The van der Waals surface area contributed by atoms with Crippen molar-refractivity contribution in [1.29, 1.82) is 5.26 Å². The van der Waals surface area contributed by atoms with E-state index in [-0.39, 0.29) is 11.5 Å². The fraction of sp³-hybridized carbons (Fsp3) is 0. The highest BCUT2D eigenvalue weighted by atomic mass is 16.3. The van der Waals surface area contributed by atoms with Gasteiger partial charge in [-0.05, 0) is 48.0 Å². The number of hydrogen-bond acceptors (Lipinski definition) is 3. The molecule has 0 spiro atoms. The smallest absolute Gasteiger partial charge is 0.116 e. The van der Waals surface area contributed by atoms with Crippen LogP contribution in [0.15, 0.2) is 42.5 Å². The van der Waals surface area contributed by atoms with Crippen molar-refractivity contribution in [3.63, 3.8) is 0 Å². The van der Waals surface area contributed by atoms with Crippen molar-refractivity contribution in [3.05, 3.63) is 48.0 Å². The molecule has 19 heavy (non-hydrogen) atoms. The summed E-state index contributed by atoms with van der Waals surface area (Å²) in [5.74, 6) is 0.302. The Kier molecular flexibility index (Phi) is 2.39. The van der Waals surface area contributed by atoms with Crippen LogP contribution in [0.2, 0.25) is 0 Å². The minimum Gasteiger partial charge on any atom is -0.508 e. The van der Waals surface area contributed by atoms with Gasteiger partial charge in [0.15, 0.2) is 0 Å². The fourth-order valence-electron chi connectivity index (χ4n) is 2.14. The van der Waals surface area contributed by atoms with Gasteiger partial charge in [-0.25, -0.2) is 0 Å². The number of hydrogen-bond donors (Lipinski definition) is 3. The number of H-pyrrole nitrogens is 1. The molecule has 0 radical (unpaired) electrons. The monoisotopic (exact) mass is 250 g/mol. The summed E-state index contributed by atoms with van der Waals surface area (Å²) in [7, 11) is 0. The van der Waals surface area contributed by atoms with E-state index >= 15 is 0 Å². The van der Waals surface area contributed by atoms with Crippen LogP contribution in [-0.4, -0.2) is 15.2 Å². The van der Waals surface area contributed by atoms with Crippen LogP contribution in [0, 0.1) is 11.3 Å². The molecule has 3 N–H and O–H groups in total. The molecular formula is C15H10N2O2. The van der Waals surface area contributed by atoms with Gasteiger partial charge in [-0.1, -0.05) is 0 Å². The zero-order valence-electron chi connectivity index (χ0n) is 9.88. The van der Waals surface area contributed by atoms with Crippen LogP contribution in [0.5, 0.6) is 11.5 Å². The second-order valence-electron chi connectivity index (χ2n) is 4.26. The van der Waals surface area contributed by atoms with Crippen molar-refractivity contribution in [2.24, 2.45) is 0 Å². The van der Waals surface area contributed by atoms with Crippen LogP contribution in [-0.2, 0) is 0 Å². The Morgan fingerprint density at radius 2 is 1.63 bits per heavy atom. The lowest BCUT2D eigenvalue weighted by atomic mass is 10.1. The topological polar surface area (TPSA) is 80.0 Å². The van der Waals surface area contributed by atoms with Crippen molar-refractivity contribution in [2.75, 3.05) is 0 Å². The first-order valence-corrected chi connectivity index (χ1v) is 5.73. The number of rotatable bonds is 1. The average molecular weight is 250 g/mol. The first kappa shape index (κ1) is 11.2. The maximum Gasteiger partial charge on any atom is 0.116 e. The second-order valence-corrected chi connectivity index (χ2v) is 4.26. The number of phenolic OH excluding ortho intramolecular Hbond substituents is 2. The van der Waals surface area contributed by atoms with Gasteiger partial charge in [0.25, 0.3) is 0 Å². The van der Waals surface area contributed by atoms with Crippen LogP contribution >= 0.6 is 0 Å². The summed E-state index contributed by atoms with van der Waals surface area (Å²) in [5, 5.41) is 28.8. The van der Waals surface area contributed by atoms with E-state index in [1.165, 1.54) is 0 Å². The molecule has 0 aliphatic rings. The molecule has 0 aliphatic heterocycles. The highest BCUT2D eigenvalue weighted by Crippen LogP contribution is 2.32. The van der Waals surface area contributed by atoms with E-state index < -0.39 is 0 Å². The van der Waals surface area contributed by atoms with Crippen LogP contribution in [0.1, 0.15) is 5.56 Å². The van der Waals surface area contributed by atoms with E-state index in [2.05, 4.69) is 11.1 Å². The minimum atomic E-state index is 0.125. The first-order chi connectivity index (χ1) is 9.19. The Balaban J connectivity index is 2.29. The lowest BCUT2D eigenvalue weighted by molar-refractivity contribution is 0.475. The number of fused-ring (bicyclic) bond motifs is 1. The molecule has 0 amide bonds. The largest absolute Gasteiger partial charge is 0.508 e. The van der Waals surface area contributed by atoms with Crippen LogP contribution < -0.4 is 0 Å². The molecule has 3 aromatic rings. The van der Waals surface area contributed by atoms with E-state index in [0.29, 0.717) is 16.6 Å². The number of aromatic hydroxyl groups is 2. The van der Waals surface area contributed by atoms with Gasteiger partial charge >= 0.3 is 0 Å². The third-order valence-corrected chi connectivity index (χ3v) is 3.05. The van der Waals surface area contributed by atoms with Gasteiger partial charge in [0.2, 0.25) is 0 Å². The molecule has 0 fully saturated rings. The molecule has 4 nitrogen and oxygen atoms in total. The predicted molar refractivity (Wildman–Crippen MR) is 71.8 cm³/mol. The predicted octanol–water partition coefficient (Wildman–Crippen LogP) is 3.12. The van der Waals surface area contributed by atoms with E-state index in [1.807, 2.05) is 0 Å². The van der Waals surface area contributed by atoms with Gasteiger partial charge in [-0.15, -0.1) is 0 Å². The van der Waals surface area contributed by atoms with Crippen LogP contribution in [0.25, 0.3) is 22.2 Å². The maximum atomic E-state index is 9.51. The van der Waals surface area contributed by atoms with Gasteiger partial charge in [0, 0.05) is 10.9 Å². The molecule has 4 heteroatoms.